The van der Waals surface area contributed by atoms with E-state index in [0.717, 1.165) is 21.6 Å². The summed E-state index contributed by atoms with van der Waals surface area (Å²) in [7, 11) is 1.33. The summed E-state index contributed by atoms with van der Waals surface area (Å²) in [6, 6.07) is 15.0. The minimum absolute atomic E-state index is 0.180. The number of piperidine rings is 1. The zero-order chi connectivity index (χ0) is 32.7. The topological polar surface area (TPSA) is 105 Å². The number of hydrogen-bond donors (Lipinski definition) is 1. The first kappa shape index (κ1) is 33.9. The van der Waals surface area contributed by atoms with Crippen LogP contribution in [0, 0.1) is 20.8 Å². The van der Waals surface area contributed by atoms with E-state index >= 15 is 0 Å². The molecule has 3 aromatic rings. The van der Waals surface area contributed by atoms with Crippen molar-refractivity contribution >= 4 is 46.5 Å². The van der Waals surface area contributed by atoms with Crippen LogP contribution < -0.4 is 10.2 Å². The van der Waals surface area contributed by atoms with Gasteiger partial charge < -0.3 is 19.7 Å². The van der Waals surface area contributed by atoms with Gasteiger partial charge in [-0.1, -0.05) is 36.8 Å². The van der Waals surface area contributed by atoms with Gasteiger partial charge in [-0.2, -0.15) is 0 Å². The molecule has 1 fully saturated rings. The van der Waals surface area contributed by atoms with Crippen LogP contribution in [0.25, 0.3) is 0 Å². The Morgan fingerprint density at radius 2 is 1.71 bits per heavy atom. The Balaban J connectivity index is 1.55. The third-order valence-electron chi connectivity index (χ3n) is 8.46. The van der Waals surface area contributed by atoms with Crippen LogP contribution in [0.4, 0.5) is 11.4 Å². The molecular weight excluding hydrogens is 590 g/mol. The van der Waals surface area contributed by atoms with Crippen molar-refractivity contribution in [3.63, 3.8) is 0 Å². The Hall–Kier alpha value is -4.02. The summed E-state index contributed by atoms with van der Waals surface area (Å²) in [4.78, 5) is 56.9. The Morgan fingerprint density at radius 3 is 2.29 bits per heavy atom. The quantitative estimate of drug-likeness (QED) is 0.262. The molecule has 1 saturated heterocycles. The van der Waals surface area contributed by atoms with Crippen LogP contribution in [-0.4, -0.2) is 60.9 Å². The van der Waals surface area contributed by atoms with Gasteiger partial charge in [0.25, 0.3) is 0 Å². The average molecular weight is 634 g/mol. The molecule has 0 saturated carbocycles. The van der Waals surface area contributed by atoms with Gasteiger partial charge in [-0.3, -0.25) is 19.3 Å². The van der Waals surface area contributed by atoms with Crippen LogP contribution in [0.2, 0.25) is 0 Å². The molecule has 2 aromatic carbocycles. The average Bonchev–Trinajstić information content (AvgIpc) is 3.54. The molecule has 9 nitrogen and oxygen atoms in total. The molecule has 1 unspecified atom stereocenters. The number of amides is 2. The maximum absolute atomic E-state index is 13.6. The highest BCUT2D eigenvalue weighted by Gasteiger charge is 2.50. The number of benzene rings is 2. The molecule has 0 radical (unpaired) electrons. The van der Waals surface area contributed by atoms with Crippen molar-refractivity contribution in [2.24, 2.45) is 0 Å². The molecule has 0 bridgehead atoms. The van der Waals surface area contributed by atoms with Gasteiger partial charge in [0.1, 0.15) is 18.1 Å². The van der Waals surface area contributed by atoms with Gasteiger partial charge in [0, 0.05) is 49.2 Å². The van der Waals surface area contributed by atoms with Gasteiger partial charge in [0.15, 0.2) is 0 Å². The van der Waals surface area contributed by atoms with Crippen molar-refractivity contribution in [1.29, 1.82) is 0 Å². The van der Waals surface area contributed by atoms with Crippen molar-refractivity contribution in [2.45, 2.75) is 71.9 Å². The van der Waals surface area contributed by atoms with Gasteiger partial charge in [-0.25, -0.2) is 4.79 Å². The summed E-state index contributed by atoms with van der Waals surface area (Å²) < 4.78 is 11.2. The van der Waals surface area contributed by atoms with Crippen LogP contribution in [-0.2, 0) is 35.3 Å². The first-order valence-corrected chi connectivity index (χ1v) is 16.1. The number of carbonyl (C=O) groups is 4. The molecule has 1 aliphatic heterocycles. The molecule has 0 spiro atoms. The molecule has 2 heterocycles. The van der Waals surface area contributed by atoms with Crippen LogP contribution in [0.3, 0.4) is 0 Å². The Morgan fingerprint density at radius 1 is 1.02 bits per heavy atom. The van der Waals surface area contributed by atoms with Crippen LogP contribution in [0.5, 0.6) is 0 Å². The number of nitrogens with one attached hydrogen (secondary N) is 1. The van der Waals surface area contributed by atoms with Crippen LogP contribution in [0.1, 0.15) is 66.2 Å². The fourth-order valence-electron chi connectivity index (χ4n) is 6.24. The molecule has 1 aromatic heterocycles. The molecular formula is C35H43N3O6S. The molecule has 1 aliphatic rings. The number of esters is 2. The number of anilines is 2. The predicted molar refractivity (Wildman–Crippen MR) is 176 cm³/mol. The number of hydrogen-bond acceptors (Lipinski definition) is 8. The fraction of sp³-hybridized carbons (Fsp3) is 0.429. The first-order chi connectivity index (χ1) is 21.5. The van der Waals surface area contributed by atoms with Gasteiger partial charge in [0.05, 0.1) is 7.11 Å². The molecule has 240 valence electrons. The Bertz CT molecular complexity index is 1500. The molecule has 45 heavy (non-hydrogen) atoms. The van der Waals surface area contributed by atoms with Crippen LogP contribution >= 0.6 is 11.3 Å². The maximum Gasteiger partial charge on any atom is 0.332 e. The summed E-state index contributed by atoms with van der Waals surface area (Å²) in [6.07, 6.45) is 0.798. The highest BCUT2D eigenvalue weighted by molar-refractivity contribution is 7.10. The van der Waals surface area contributed by atoms with Crippen molar-refractivity contribution in [2.75, 3.05) is 37.0 Å². The molecule has 1 N–H and O–H groups in total. The van der Waals surface area contributed by atoms with Crippen LogP contribution in [0.15, 0.2) is 53.9 Å². The lowest BCUT2D eigenvalue weighted by atomic mass is 9.84. The molecule has 10 heteroatoms. The van der Waals surface area contributed by atoms with E-state index < -0.39 is 17.4 Å². The monoisotopic (exact) mass is 633 g/mol. The summed E-state index contributed by atoms with van der Waals surface area (Å²) in [5, 5.41) is 4.70. The number of rotatable bonds is 11. The normalized spacial score (nSPS) is 15.2. The Labute approximate surface area is 269 Å². The third-order valence-corrected chi connectivity index (χ3v) is 9.45. The second-order valence-corrected chi connectivity index (χ2v) is 12.7. The second-order valence-electron chi connectivity index (χ2n) is 11.7. The second kappa shape index (κ2) is 14.8. The zero-order valence-electron chi connectivity index (χ0n) is 27.0. The number of aryl methyl sites for hydroxylation is 3. The minimum atomic E-state index is -1.24. The summed E-state index contributed by atoms with van der Waals surface area (Å²) in [5.41, 5.74) is 4.17. The number of nitrogens with zero attached hydrogens (tertiary/aromatic N) is 2. The lowest BCUT2D eigenvalue weighted by Gasteiger charge is -2.46. The number of carbonyl (C=O) groups excluding carboxylic acids is 4. The van der Waals surface area contributed by atoms with E-state index in [9.17, 15) is 19.2 Å². The summed E-state index contributed by atoms with van der Waals surface area (Å²) in [6.45, 7) is 10.8. The van der Waals surface area contributed by atoms with Gasteiger partial charge in [-0.15, -0.1) is 11.3 Å². The molecule has 0 aliphatic carbocycles. The van der Waals surface area contributed by atoms with E-state index in [0.29, 0.717) is 43.9 Å². The van der Waals surface area contributed by atoms with Crippen molar-refractivity contribution in [3.05, 3.63) is 81.0 Å². The standard InChI is InChI=1S/C35H43N3O6S/c1-7-32(40)38(28-11-8-10-27(20-28)36-26(5)39)35(34(42)43-6)13-15-37(16-14-35)21-29(31-12-9-17-45-31)33(41)44-22-30-24(3)18-23(2)19-25(30)4/h8-12,17-20,29H,7,13-16,21-22H2,1-6H3,(H,36,39). The van der Waals surface area contributed by atoms with Gasteiger partial charge in [0.2, 0.25) is 11.8 Å². The number of ether oxygens (including phenoxy) is 2. The van der Waals surface area contributed by atoms with E-state index in [-0.39, 0.29) is 30.8 Å². The minimum Gasteiger partial charge on any atom is -0.467 e. The van der Waals surface area contributed by atoms with Gasteiger partial charge >= 0.3 is 11.9 Å². The number of methoxy groups -OCH3 is 1. The van der Waals surface area contributed by atoms with Gasteiger partial charge in [-0.05, 0) is 79.9 Å². The highest BCUT2D eigenvalue weighted by Crippen LogP contribution is 2.37. The number of likely N-dealkylation sites (tertiary alicyclic amines) is 1. The largest absolute Gasteiger partial charge is 0.467 e. The van der Waals surface area contributed by atoms with E-state index in [1.54, 1.807) is 36.1 Å². The van der Waals surface area contributed by atoms with Crippen molar-refractivity contribution < 1.29 is 28.7 Å². The Kier molecular flexibility index (Phi) is 11.2. The number of thiophene rings is 1. The highest BCUT2D eigenvalue weighted by atomic mass is 32.1. The van der Waals surface area contributed by atoms with E-state index in [1.807, 2.05) is 31.4 Å². The van der Waals surface area contributed by atoms with E-state index in [4.69, 9.17) is 9.47 Å². The predicted octanol–water partition coefficient (Wildman–Crippen LogP) is 5.91. The maximum atomic E-state index is 13.6. The molecule has 1 atom stereocenters. The molecule has 4 rings (SSSR count). The SMILES string of the molecule is CCC(=O)N(c1cccc(NC(C)=O)c1)C1(C(=O)OC)CCN(CC(C(=O)OCc2c(C)cc(C)cc2C)c2cccs2)CC1. The smallest absolute Gasteiger partial charge is 0.332 e. The summed E-state index contributed by atoms with van der Waals surface area (Å²) in [5.74, 6) is -1.74. The zero-order valence-corrected chi connectivity index (χ0v) is 27.8. The third kappa shape index (κ3) is 7.80. The van der Waals surface area contributed by atoms with Crippen molar-refractivity contribution in [3.8, 4) is 0 Å². The fourth-order valence-corrected chi connectivity index (χ4v) is 7.04. The van der Waals surface area contributed by atoms with Crippen molar-refractivity contribution in [1.82, 2.24) is 4.90 Å². The van der Waals surface area contributed by atoms with E-state index in [2.05, 4.69) is 29.3 Å². The lowest BCUT2D eigenvalue weighted by Crippen LogP contribution is -2.63. The summed E-state index contributed by atoms with van der Waals surface area (Å²) >= 11 is 1.52. The first-order valence-electron chi connectivity index (χ1n) is 15.3. The lowest BCUT2D eigenvalue weighted by molar-refractivity contribution is -0.152. The van der Waals surface area contributed by atoms with E-state index in [1.165, 1.54) is 30.9 Å². The molecule has 2 amide bonds.